The fourth-order valence-corrected chi connectivity index (χ4v) is 4.48. The molecule has 1 unspecified atom stereocenters. The molecule has 0 amide bonds. The number of rotatable bonds is 3. The largest absolute Gasteiger partial charge is 0.487 e. The Morgan fingerprint density at radius 3 is 2.30 bits per heavy atom. The quantitative estimate of drug-likeness (QED) is 0.867. The molecule has 3 atom stereocenters. The molecular formula is C20H27NO2. The highest BCUT2D eigenvalue weighted by Crippen LogP contribution is 2.40. The van der Waals surface area contributed by atoms with Gasteiger partial charge in [-0.2, -0.15) is 0 Å². The average molecular weight is 313 g/mol. The molecule has 0 saturated carbocycles. The zero-order valence-electron chi connectivity index (χ0n) is 13.8. The molecule has 4 rings (SSSR count). The first kappa shape index (κ1) is 15.2. The summed E-state index contributed by atoms with van der Waals surface area (Å²) in [5.74, 6) is 0.867. The van der Waals surface area contributed by atoms with Gasteiger partial charge < -0.3 is 9.84 Å². The molecule has 1 aromatic rings. The van der Waals surface area contributed by atoms with Crippen LogP contribution in [0.5, 0.6) is 5.75 Å². The molecule has 3 heteroatoms. The van der Waals surface area contributed by atoms with Crippen molar-refractivity contribution in [1.82, 2.24) is 4.90 Å². The number of likely N-dealkylation sites (tertiary alicyclic amines) is 1. The zero-order chi connectivity index (χ0) is 15.6. The van der Waals surface area contributed by atoms with Gasteiger partial charge in [-0.15, -0.1) is 0 Å². The zero-order valence-corrected chi connectivity index (χ0v) is 13.8. The van der Waals surface area contributed by atoms with E-state index < -0.39 is 0 Å². The van der Waals surface area contributed by atoms with Gasteiger partial charge in [0.05, 0.1) is 6.10 Å². The molecule has 2 aliphatic carbocycles. The monoisotopic (exact) mass is 313 g/mol. The summed E-state index contributed by atoms with van der Waals surface area (Å²) in [4.78, 5) is 2.68. The number of hydrogen-bond donors (Lipinski definition) is 1. The molecule has 124 valence electrons. The van der Waals surface area contributed by atoms with E-state index >= 15 is 0 Å². The predicted molar refractivity (Wildman–Crippen MR) is 91.6 cm³/mol. The summed E-state index contributed by atoms with van der Waals surface area (Å²) >= 11 is 0. The molecule has 0 bridgehead atoms. The molecule has 1 aromatic carbocycles. The van der Waals surface area contributed by atoms with Crippen LogP contribution in [0.1, 0.15) is 44.9 Å². The Bertz CT molecular complexity index is 562. The van der Waals surface area contributed by atoms with E-state index in [0.717, 1.165) is 18.6 Å². The van der Waals surface area contributed by atoms with E-state index in [1.807, 2.05) is 30.3 Å². The van der Waals surface area contributed by atoms with Crippen LogP contribution in [0.3, 0.4) is 0 Å². The lowest BCUT2D eigenvalue weighted by Gasteiger charge is -2.32. The maximum absolute atomic E-state index is 10.5. The number of hydrogen-bond acceptors (Lipinski definition) is 3. The van der Waals surface area contributed by atoms with Crippen LogP contribution in [-0.4, -0.2) is 41.3 Å². The lowest BCUT2D eigenvalue weighted by Crippen LogP contribution is -2.38. The lowest BCUT2D eigenvalue weighted by molar-refractivity contribution is 0.0306. The van der Waals surface area contributed by atoms with E-state index in [1.54, 1.807) is 5.57 Å². The molecule has 0 radical (unpaired) electrons. The van der Waals surface area contributed by atoms with Gasteiger partial charge in [0, 0.05) is 12.5 Å². The summed E-state index contributed by atoms with van der Waals surface area (Å²) in [5, 5.41) is 10.5. The van der Waals surface area contributed by atoms with Crippen molar-refractivity contribution in [3.63, 3.8) is 0 Å². The van der Waals surface area contributed by atoms with Crippen LogP contribution < -0.4 is 4.74 Å². The van der Waals surface area contributed by atoms with E-state index in [1.165, 1.54) is 50.8 Å². The number of ether oxygens (including phenoxy) is 1. The van der Waals surface area contributed by atoms with Gasteiger partial charge in [0.1, 0.15) is 11.9 Å². The van der Waals surface area contributed by atoms with Gasteiger partial charge in [0.15, 0.2) is 0 Å². The maximum Gasteiger partial charge on any atom is 0.128 e. The summed E-state index contributed by atoms with van der Waals surface area (Å²) in [7, 11) is 0. The second-order valence-corrected chi connectivity index (χ2v) is 7.31. The van der Waals surface area contributed by atoms with Crippen LogP contribution in [0.15, 0.2) is 41.5 Å². The minimum atomic E-state index is -0.367. The number of benzene rings is 1. The van der Waals surface area contributed by atoms with Gasteiger partial charge >= 0.3 is 0 Å². The number of aliphatic hydroxyl groups is 1. The summed E-state index contributed by atoms with van der Waals surface area (Å²) in [6.45, 7) is 2.52. The van der Waals surface area contributed by atoms with Gasteiger partial charge in [-0.1, -0.05) is 35.8 Å². The van der Waals surface area contributed by atoms with Crippen LogP contribution in [0.2, 0.25) is 0 Å². The van der Waals surface area contributed by atoms with Gasteiger partial charge in [-0.3, -0.25) is 4.90 Å². The average Bonchev–Trinajstić information content (AvgIpc) is 3.00. The second kappa shape index (κ2) is 6.66. The minimum Gasteiger partial charge on any atom is -0.487 e. The van der Waals surface area contributed by atoms with Crippen molar-refractivity contribution in [2.45, 2.75) is 63.2 Å². The Hall–Kier alpha value is -1.32. The van der Waals surface area contributed by atoms with Crippen LogP contribution in [0.4, 0.5) is 0 Å². The SMILES string of the molecule is O[C@@H]1CC2=C(CC(N3CCCCC3)C2)C[C@H]1Oc1ccccc1. The molecule has 3 aliphatic rings. The van der Waals surface area contributed by atoms with Gasteiger partial charge in [-0.25, -0.2) is 0 Å². The smallest absolute Gasteiger partial charge is 0.128 e. The number of aliphatic hydroxyl groups excluding tert-OH is 1. The van der Waals surface area contributed by atoms with Gasteiger partial charge in [-0.05, 0) is 57.3 Å². The highest BCUT2D eigenvalue weighted by molar-refractivity contribution is 5.29. The van der Waals surface area contributed by atoms with Crippen molar-refractivity contribution >= 4 is 0 Å². The first-order valence-corrected chi connectivity index (χ1v) is 9.13. The molecule has 1 saturated heterocycles. The standard InChI is InChI=1S/C20H27NO2/c22-19-13-15-11-17(21-9-5-2-6-10-21)12-16(15)14-20(19)23-18-7-3-1-4-8-18/h1,3-4,7-8,17,19-20,22H,2,5-6,9-14H2/t17?,19-,20-/m1/s1. The Morgan fingerprint density at radius 1 is 0.870 bits per heavy atom. The first-order valence-electron chi connectivity index (χ1n) is 9.13. The minimum absolute atomic E-state index is 0.0868. The van der Waals surface area contributed by atoms with Crippen molar-refractivity contribution in [2.24, 2.45) is 0 Å². The number of para-hydroxylation sites is 1. The molecule has 1 N–H and O–H groups in total. The van der Waals surface area contributed by atoms with Gasteiger partial charge in [0.2, 0.25) is 0 Å². The topological polar surface area (TPSA) is 32.7 Å². The number of piperidine rings is 1. The summed E-state index contributed by atoms with van der Waals surface area (Å²) in [6, 6.07) is 10.6. The van der Waals surface area contributed by atoms with Crippen molar-refractivity contribution in [2.75, 3.05) is 13.1 Å². The maximum atomic E-state index is 10.5. The molecule has 1 heterocycles. The predicted octanol–water partition coefficient (Wildman–Crippen LogP) is 3.53. The summed E-state index contributed by atoms with van der Waals surface area (Å²) in [6.07, 6.45) is 7.70. The Balaban J connectivity index is 1.40. The Morgan fingerprint density at radius 2 is 1.57 bits per heavy atom. The van der Waals surface area contributed by atoms with Crippen molar-refractivity contribution in [3.8, 4) is 5.75 Å². The molecule has 3 nitrogen and oxygen atoms in total. The van der Waals surface area contributed by atoms with E-state index in [2.05, 4.69) is 4.90 Å². The molecular weight excluding hydrogens is 286 g/mol. The Labute approximate surface area is 139 Å². The first-order chi connectivity index (χ1) is 11.3. The van der Waals surface area contributed by atoms with E-state index in [0.29, 0.717) is 6.04 Å². The normalized spacial score (nSPS) is 32.0. The molecule has 1 fully saturated rings. The molecule has 0 aromatic heterocycles. The fraction of sp³-hybridized carbons (Fsp3) is 0.600. The van der Waals surface area contributed by atoms with Crippen molar-refractivity contribution in [1.29, 1.82) is 0 Å². The van der Waals surface area contributed by atoms with Crippen LogP contribution in [0.25, 0.3) is 0 Å². The van der Waals surface area contributed by atoms with E-state index in [-0.39, 0.29) is 12.2 Å². The third kappa shape index (κ3) is 3.31. The van der Waals surface area contributed by atoms with Crippen molar-refractivity contribution < 1.29 is 9.84 Å². The van der Waals surface area contributed by atoms with Crippen LogP contribution in [0, 0.1) is 0 Å². The van der Waals surface area contributed by atoms with E-state index in [4.69, 9.17) is 4.74 Å². The molecule has 0 spiro atoms. The lowest BCUT2D eigenvalue weighted by atomic mass is 9.89. The summed E-state index contributed by atoms with van der Waals surface area (Å²) < 4.78 is 6.06. The van der Waals surface area contributed by atoms with Crippen molar-refractivity contribution in [3.05, 3.63) is 41.5 Å². The highest BCUT2D eigenvalue weighted by Gasteiger charge is 2.37. The highest BCUT2D eigenvalue weighted by atomic mass is 16.5. The van der Waals surface area contributed by atoms with Gasteiger partial charge in [0.25, 0.3) is 0 Å². The number of nitrogens with zero attached hydrogens (tertiary/aromatic N) is 1. The third-order valence-corrected chi connectivity index (χ3v) is 5.73. The fourth-order valence-electron chi connectivity index (χ4n) is 4.48. The van der Waals surface area contributed by atoms with E-state index in [9.17, 15) is 5.11 Å². The van der Waals surface area contributed by atoms with Crippen LogP contribution >= 0.6 is 0 Å². The summed E-state index contributed by atoms with van der Waals surface area (Å²) in [5.41, 5.74) is 3.08. The molecule has 1 aliphatic heterocycles. The second-order valence-electron chi connectivity index (χ2n) is 7.31. The third-order valence-electron chi connectivity index (χ3n) is 5.73. The Kier molecular flexibility index (Phi) is 4.41. The molecule has 23 heavy (non-hydrogen) atoms. The van der Waals surface area contributed by atoms with Crippen LogP contribution in [-0.2, 0) is 0 Å².